The van der Waals surface area contributed by atoms with E-state index >= 15 is 0 Å². The number of aliphatic hydroxyl groups is 4. The maximum absolute atomic E-state index is 13.4. The standard InChI is InChI=1S/C22H21ClFNO5S/c23-14-6-4-11(22-21(29)20(28)19(27)16(10-26)30-22)8-12(14)9-13-5-7-17(31-13)15-2-1-3-18(24)25-15/h1-8,16,19-22,26-29H,9-10H2/t16-,19-,20+,21-,22+/m1/s1. The quantitative estimate of drug-likeness (QED) is 0.432. The Hall–Kier alpha value is -1.91. The Morgan fingerprint density at radius 3 is 2.58 bits per heavy atom. The van der Waals surface area contributed by atoms with Crippen LogP contribution in [0, 0.1) is 5.95 Å². The van der Waals surface area contributed by atoms with Gasteiger partial charge in [-0.3, -0.25) is 0 Å². The second kappa shape index (κ2) is 9.30. The minimum atomic E-state index is -1.45. The molecule has 0 bridgehead atoms. The van der Waals surface area contributed by atoms with Crippen LogP contribution in [0.1, 0.15) is 22.1 Å². The maximum atomic E-state index is 13.4. The Morgan fingerprint density at radius 2 is 1.84 bits per heavy atom. The molecule has 2 aromatic heterocycles. The second-order valence-corrected chi connectivity index (χ2v) is 8.96. The molecule has 1 fully saturated rings. The van der Waals surface area contributed by atoms with E-state index in [1.54, 1.807) is 30.3 Å². The van der Waals surface area contributed by atoms with Crippen molar-refractivity contribution < 1.29 is 29.6 Å². The molecule has 0 aliphatic carbocycles. The monoisotopic (exact) mass is 465 g/mol. The number of rotatable bonds is 5. The van der Waals surface area contributed by atoms with Gasteiger partial charge in [-0.25, -0.2) is 4.98 Å². The van der Waals surface area contributed by atoms with Crippen LogP contribution in [0.3, 0.4) is 0 Å². The summed E-state index contributed by atoms with van der Waals surface area (Å²) < 4.78 is 19.1. The fourth-order valence-corrected chi connectivity index (χ4v) is 4.81. The molecule has 1 saturated heterocycles. The van der Waals surface area contributed by atoms with Crippen LogP contribution in [0.15, 0.2) is 48.5 Å². The molecule has 0 unspecified atom stereocenters. The molecular formula is C22H21ClFNO5S. The van der Waals surface area contributed by atoms with E-state index < -0.39 is 43.1 Å². The molecule has 3 aromatic rings. The first-order chi connectivity index (χ1) is 14.9. The summed E-state index contributed by atoms with van der Waals surface area (Å²) in [5.74, 6) is -0.539. The van der Waals surface area contributed by atoms with Gasteiger partial charge in [0.15, 0.2) is 0 Å². The first-order valence-electron chi connectivity index (χ1n) is 9.68. The average molecular weight is 466 g/mol. The predicted octanol–water partition coefficient (Wildman–Crippen LogP) is 2.71. The van der Waals surface area contributed by atoms with Gasteiger partial charge in [-0.1, -0.05) is 29.8 Å². The highest BCUT2D eigenvalue weighted by Gasteiger charge is 2.44. The van der Waals surface area contributed by atoms with Crippen molar-refractivity contribution in [3.05, 3.63) is 75.5 Å². The number of halogens is 2. The summed E-state index contributed by atoms with van der Waals surface area (Å²) in [5.41, 5.74) is 1.90. The van der Waals surface area contributed by atoms with Gasteiger partial charge in [-0.2, -0.15) is 4.39 Å². The lowest BCUT2D eigenvalue weighted by Gasteiger charge is -2.40. The molecule has 4 N–H and O–H groups in total. The fraction of sp³-hybridized carbons (Fsp3) is 0.318. The predicted molar refractivity (Wildman–Crippen MR) is 114 cm³/mol. The van der Waals surface area contributed by atoms with E-state index in [1.807, 2.05) is 12.1 Å². The number of benzene rings is 1. The topological polar surface area (TPSA) is 103 Å². The third-order valence-corrected chi connectivity index (χ3v) is 6.76. The van der Waals surface area contributed by atoms with Crippen LogP contribution in [-0.4, -0.2) is 56.4 Å². The molecule has 1 aromatic carbocycles. The average Bonchev–Trinajstić information content (AvgIpc) is 3.23. The van der Waals surface area contributed by atoms with E-state index in [9.17, 15) is 24.8 Å². The van der Waals surface area contributed by atoms with E-state index in [0.717, 1.165) is 15.3 Å². The fourth-order valence-electron chi connectivity index (χ4n) is 3.63. The van der Waals surface area contributed by atoms with Gasteiger partial charge >= 0.3 is 0 Å². The molecule has 9 heteroatoms. The van der Waals surface area contributed by atoms with E-state index in [2.05, 4.69) is 4.98 Å². The molecule has 5 atom stereocenters. The number of hydrogen-bond acceptors (Lipinski definition) is 7. The van der Waals surface area contributed by atoms with Crippen LogP contribution in [0.25, 0.3) is 10.6 Å². The van der Waals surface area contributed by atoms with E-state index in [4.69, 9.17) is 16.3 Å². The van der Waals surface area contributed by atoms with Crippen molar-refractivity contribution in [1.29, 1.82) is 0 Å². The van der Waals surface area contributed by atoms with Gasteiger partial charge in [0, 0.05) is 16.3 Å². The zero-order valence-electron chi connectivity index (χ0n) is 16.2. The third-order valence-electron chi connectivity index (χ3n) is 5.28. The lowest BCUT2D eigenvalue weighted by Crippen LogP contribution is -2.55. The first-order valence-corrected chi connectivity index (χ1v) is 10.9. The molecule has 1 aliphatic rings. The van der Waals surface area contributed by atoms with Crippen molar-refractivity contribution in [3.63, 3.8) is 0 Å². The number of aliphatic hydroxyl groups excluding tert-OH is 4. The van der Waals surface area contributed by atoms with Crippen LogP contribution in [-0.2, 0) is 11.2 Å². The van der Waals surface area contributed by atoms with Gasteiger partial charge in [0.2, 0.25) is 5.95 Å². The highest BCUT2D eigenvalue weighted by Crippen LogP contribution is 2.35. The summed E-state index contributed by atoms with van der Waals surface area (Å²) in [5, 5.41) is 40.4. The SMILES string of the molecule is OC[C@H]1O[C@@H](c2ccc(Cl)c(Cc3ccc(-c4cccc(F)n4)s3)c2)[C@H](O)[C@@H](O)[C@@H]1O. The van der Waals surface area contributed by atoms with E-state index in [0.29, 0.717) is 22.7 Å². The van der Waals surface area contributed by atoms with Gasteiger partial charge in [0.25, 0.3) is 0 Å². The summed E-state index contributed by atoms with van der Waals surface area (Å²) in [7, 11) is 0. The Labute approximate surface area is 187 Å². The molecule has 164 valence electrons. The van der Waals surface area contributed by atoms with Gasteiger partial charge < -0.3 is 25.2 Å². The molecule has 4 rings (SSSR count). The van der Waals surface area contributed by atoms with Crippen molar-refractivity contribution in [1.82, 2.24) is 4.98 Å². The summed E-state index contributed by atoms with van der Waals surface area (Å²) in [6, 6.07) is 13.6. The molecule has 1 aliphatic heterocycles. The normalized spacial score (nSPS) is 26.2. The Balaban J connectivity index is 1.58. The maximum Gasteiger partial charge on any atom is 0.213 e. The molecule has 0 radical (unpaired) electrons. The summed E-state index contributed by atoms with van der Waals surface area (Å²) >= 11 is 7.85. The Kier molecular flexibility index (Phi) is 6.68. The highest BCUT2D eigenvalue weighted by atomic mass is 35.5. The van der Waals surface area contributed by atoms with Crippen LogP contribution < -0.4 is 0 Å². The van der Waals surface area contributed by atoms with Crippen LogP contribution in [0.5, 0.6) is 0 Å². The van der Waals surface area contributed by atoms with E-state index in [1.165, 1.54) is 17.4 Å². The molecule has 6 nitrogen and oxygen atoms in total. The number of ether oxygens (including phenoxy) is 1. The smallest absolute Gasteiger partial charge is 0.213 e. The third kappa shape index (κ3) is 4.65. The van der Waals surface area contributed by atoms with Crippen molar-refractivity contribution in [2.24, 2.45) is 0 Å². The number of thiophene rings is 1. The largest absolute Gasteiger partial charge is 0.394 e. The van der Waals surface area contributed by atoms with Gasteiger partial charge in [0.05, 0.1) is 17.2 Å². The number of nitrogens with zero attached hydrogens (tertiary/aromatic N) is 1. The first kappa shape index (κ1) is 22.3. The zero-order valence-corrected chi connectivity index (χ0v) is 17.8. The number of hydrogen-bond donors (Lipinski definition) is 4. The number of aromatic nitrogens is 1. The minimum Gasteiger partial charge on any atom is -0.394 e. The second-order valence-electron chi connectivity index (χ2n) is 7.39. The highest BCUT2D eigenvalue weighted by molar-refractivity contribution is 7.15. The van der Waals surface area contributed by atoms with Gasteiger partial charge in [-0.15, -0.1) is 11.3 Å². The van der Waals surface area contributed by atoms with Gasteiger partial charge in [0.1, 0.15) is 30.5 Å². The lowest BCUT2D eigenvalue weighted by atomic mass is 9.90. The summed E-state index contributed by atoms with van der Waals surface area (Å²) in [6.07, 6.45) is -5.65. The van der Waals surface area contributed by atoms with Crippen LogP contribution in [0.4, 0.5) is 4.39 Å². The zero-order chi connectivity index (χ0) is 22.1. The van der Waals surface area contributed by atoms with Crippen molar-refractivity contribution in [3.8, 4) is 10.6 Å². The van der Waals surface area contributed by atoms with Crippen molar-refractivity contribution in [2.45, 2.75) is 36.9 Å². The molecular weight excluding hydrogens is 445 g/mol. The van der Waals surface area contributed by atoms with Crippen molar-refractivity contribution in [2.75, 3.05) is 6.61 Å². The molecule has 0 spiro atoms. The van der Waals surface area contributed by atoms with Crippen LogP contribution >= 0.6 is 22.9 Å². The Morgan fingerprint density at radius 1 is 1.03 bits per heavy atom. The van der Waals surface area contributed by atoms with Gasteiger partial charge in [-0.05, 0) is 41.5 Å². The molecule has 3 heterocycles. The lowest BCUT2D eigenvalue weighted by molar-refractivity contribution is -0.231. The molecule has 0 amide bonds. The van der Waals surface area contributed by atoms with Crippen LogP contribution in [0.2, 0.25) is 5.02 Å². The minimum absolute atomic E-state index is 0.490. The van der Waals surface area contributed by atoms with Crippen molar-refractivity contribution >= 4 is 22.9 Å². The molecule has 31 heavy (non-hydrogen) atoms. The summed E-state index contributed by atoms with van der Waals surface area (Å²) in [4.78, 5) is 5.71. The summed E-state index contributed by atoms with van der Waals surface area (Å²) in [6.45, 7) is -0.492. The number of pyridine rings is 1. The molecule has 0 saturated carbocycles. The van der Waals surface area contributed by atoms with E-state index in [-0.39, 0.29) is 0 Å². The Bertz CT molecular complexity index is 1060.